The van der Waals surface area contributed by atoms with Gasteiger partial charge >= 0.3 is 0 Å². The third kappa shape index (κ3) is 5.94. The van der Waals surface area contributed by atoms with E-state index in [1.54, 1.807) is 6.20 Å². The largest absolute Gasteiger partial charge is 0.255 e. The summed E-state index contributed by atoms with van der Waals surface area (Å²) in [6.45, 7) is 0. The van der Waals surface area contributed by atoms with Crippen LogP contribution in [0.1, 0.15) is 0 Å². The molecule has 11 aromatic rings. The van der Waals surface area contributed by atoms with Crippen LogP contribution in [0.3, 0.4) is 0 Å². The Morgan fingerprint density at radius 2 is 0.810 bits per heavy atom. The summed E-state index contributed by atoms with van der Waals surface area (Å²) in [6, 6.07) is 65.7. The molecule has 0 saturated heterocycles. The standard InChI is InChI=1S/C53H33N5/c1-4-18-41-34(13-1)16-11-23-46(41)52-56-51(57-53(58-52)47-24-12-17-35-14-2-5-19-42(35)47)40-30-38(37-26-27-50(55-33-37)49-25-9-10-28-54-49)29-39(31-40)48-32-36-15-3-6-20-43(36)44-21-7-8-22-45(44)48/h1-33H. The monoisotopic (exact) mass is 739 g/mol. The highest BCUT2D eigenvalue weighted by molar-refractivity contribution is 6.14. The zero-order valence-electron chi connectivity index (χ0n) is 31.3. The first-order chi connectivity index (χ1) is 28.7. The Hall–Kier alpha value is -7.89. The number of pyridine rings is 2. The van der Waals surface area contributed by atoms with Gasteiger partial charge in [0.05, 0.1) is 11.4 Å². The predicted octanol–water partition coefficient (Wildman–Crippen LogP) is 13.3. The van der Waals surface area contributed by atoms with Crippen molar-refractivity contribution in [1.29, 1.82) is 0 Å². The van der Waals surface area contributed by atoms with E-state index in [0.717, 1.165) is 71.9 Å². The summed E-state index contributed by atoms with van der Waals surface area (Å²) in [5, 5.41) is 9.22. The lowest BCUT2D eigenvalue weighted by Gasteiger charge is -2.15. The van der Waals surface area contributed by atoms with E-state index in [1.165, 1.54) is 21.5 Å². The van der Waals surface area contributed by atoms with Gasteiger partial charge in [0.1, 0.15) is 0 Å². The minimum atomic E-state index is 0.590. The Balaban J connectivity index is 1.18. The van der Waals surface area contributed by atoms with Crippen molar-refractivity contribution in [3.63, 3.8) is 0 Å². The molecule has 11 rings (SSSR count). The molecule has 0 atom stereocenters. The summed E-state index contributed by atoms with van der Waals surface area (Å²) in [4.78, 5) is 25.3. The van der Waals surface area contributed by atoms with E-state index in [-0.39, 0.29) is 0 Å². The zero-order valence-corrected chi connectivity index (χ0v) is 31.3. The second kappa shape index (κ2) is 14.0. The van der Waals surface area contributed by atoms with Crippen molar-refractivity contribution in [2.24, 2.45) is 0 Å². The van der Waals surface area contributed by atoms with Gasteiger partial charge in [0.15, 0.2) is 17.5 Å². The number of hydrogen-bond donors (Lipinski definition) is 0. The summed E-state index contributed by atoms with van der Waals surface area (Å²) < 4.78 is 0. The highest BCUT2D eigenvalue weighted by Gasteiger charge is 2.19. The average molecular weight is 740 g/mol. The maximum Gasteiger partial charge on any atom is 0.164 e. The number of benzene rings is 8. The minimum Gasteiger partial charge on any atom is -0.255 e. The normalized spacial score (nSPS) is 11.4. The topological polar surface area (TPSA) is 64.5 Å². The molecule has 5 heteroatoms. The Morgan fingerprint density at radius 1 is 0.276 bits per heavy atom. The quantitative estimate of drug-likeness (QED) is 0.159. The van der Waals surface area contributed by atoms with Crippen molar-refractivity contribution in [1.82, 2.24) is 24.9 Å². The van der Waals surface area contributed by atoms with Crippen molar-refractivity contribution < 1.29 is 0 Å². The van der Waals surface area contributed by atoms with Crippen molar-refractivity contribution in [2.45, 2.75) is 0 Å². The summed E-state index contributed by atoms with van der Waals surface area (Å²) in [6.07, 6.45) is 3.73. The van der Waals surface area contributed by atoms with Crippen molar-refractivity contribution in [3.8, 4) is 67.8 Å². The van der Waals surface area contributed by atoms with E-state index >= 15 is 0 Å². The molecule has 5 nitrogen and oxygen atoms in total. The predicted molar refractivity (Wildman–Crippen MR) is 238 cm³/mol. The SMILES string of the molecule is c1ccc(-c2ccc(-c3cc(-c4nc(-c5cccc6ccccc56)nc(-c5cccc6ccccc56)n4)cc(-c4cc5ccccc5c5ccccc45)c3)cn2)nc1. The maximum atomic E-state index is 5.32. The molecule has 8 aromatic carbocycles. The van der Waals surface area contributed by atoms with Gasteiger partial charge in [0.25, 0.3) is 0 Å². The molecule has 0 spiro atoms. The molecule has 0 fully saturated rings. The van der Waals surface area contributed by atoms with Crippen LogP contribution >= 0.6 is 0 Å². The molecule has 270 valence electrons. The fourth-order valence-corrected chi connectivity index (χ4v) is 8.19. The number of rotatable bonds is 6. The van der Waals surface area contributed by atoms with Crippen LogP contribution in [0.4, 0.5) is 0 Å². The summed E-state index contributed by atoms with van der Waals surface area (Å²) in [7, 11) is 0. The lowest BCUT2D eigenvalue weighted by atomic mass is 9.90. The molecule has 0 aliphatic heterocycles. The molecular formula is C53H33N5. The number of fused-ring (bicyclic) bond motifs is 5. The molecule has 3 aromatic heterocycles. The van der Waals surface area contributed by atoms with Crippen LogP contribution in [-0.2, 0) is 0 Å². The van der Waals surface area contributed by atoms with Gasteiger partial charge in [-0.1, -0.05) is 146 Å². The van der Waals surface area contributed by atoms with Crippen molar-refractivity contribution in [2.75, 3.05) is 0 Å². The van der Waals surface area contributed by atoms with Gasteiger partial charge in [-0.2, -0.15) is 0 Å². The third-order valence-electron chi connectivity index (χ3n) is 11.0. The molecule has 0 N–H and O–H groups in total. The first-order valence-electron chi connectivity index (χ1n) is 19.4. The van der Waals surface area contributed by atoms with Gasteiger partial charge in [-0.05, 0) is 102 Å². The van der Waals surface area contributed by atoms with Crippen LogP contribution in [0.2, 0.25) is 0 Å². The van der Waals surface area contributed by atoms with Crippen LogP contribution in [0.5, 0.6) is 0 Å². The fourth-order valence-electron chi connectivity index (χ4n) is 8.19. The Kier molecular flexibility index (Phi) is 8.07. The highest BCUT2D eigenvalue weighted by atomic mass is 15.0. The van der Waals surface area contributed by atoms with Crippen molar-refractivity contribution in [3.05, 3.63) is 200 Å². The van der Waals surface area contributed by atoms with E-state index in [0.29, 0.717) is 17.5 Å². The first-order valence-corrected chi connectivity index (χ1v) is 19.4. The zero-order chi connectivity index (χ0) is 38.4. The van der Waals surface area contributed by atoms with Crippen LogP contribution in [-0.4, -0.2) is 24.9 Å². The molecule has 3 heterocycles. The molecule has 0 aliphatic rings. The van der Waals surface area contributed by atoms with Gasteiger partial charge < -0.3 is 0 Å². The molecule has 0 amide bonds. The van der Waals surface area contributed by atoms with Crippen LogP contribution in [0, 0.1) is 0 Å². The van der Waals surface area contributed by atoms with E-state index in [2.05, 4.69) is 169 Å². The van der Waals surface area contributed by atoms with Crippen LogP contribution < -0.4 is 0 Å². The fraction of sp³-hybridized carbons (Fsp3) is 0. The van der Waals surface area contributed by atoms with Gasteiger partial charge in [-0.15, -0.1) is 0 Å². The van der Waals surface area contributed by atoms with Crippen LogP contribution in [0.25, 0.3) is 111 Å². The Labute approximate surface area is 335 Å². The van der Waals surface area contributed by atoms with Crippen LogP contribution in [0.15, 0.2) is 200 Å². The molecule has 0 bridgehead atoms. The lowest BCUT2D eigenvalue weighted by molar-refractivity contribution is 1.08. The first kappa shape index (κ1) is 33.4. The molecule has 0 saturated carbocycles. The number of nitrogens with zero attached hydrogens (tertiary/aromatic N) is 5. The minimum absolute atomic E-state index is 0.590. The molecule has 0 aliphatic carbocycles. The Morgan fingerprint density at radius 3 is 1.47 bits per heavy atom. The summed E-state index contributed by atoms with van der Waals surface area (Å²) in [5.74, 6) is 1.83. The maximum absolute atomic E-state index is 5.32. The number of hydrogen-bond acceptors (Lipinski definition) is 5. The van der Waals surface area contributed by atoms with E-state index < -0.39 is 0 Å². The number of aromatic nitrogens is 5. The second-order valence-corrected chi connectivity index (χ2v) is 14.5. The van der Waals surface area contributed by atoms with Crippen molar-refractivity contribution >= 4 is 43.1 Å². The summed E-state index contributed by atoms with van der Waals surface area (Å²) in [5.41, 5.74) is 8.61. The van der Waals surface area contributed by atoms with Gasteiger partial charge in [-0.25, -0.2) is 15.0 Å². The van der Waals surface area contributed by atoms with E-state index in [9.17, 15) is 0 Å². The van der Waals surface area contributed by atoms with E-state index in [1.807, 2.05) is 30.5 Å². The highest BCUT2D eigenvalue weighted by Crippen LogP contribution is 2.40. The van der Waals surface area contributed by atoms with E-state index in [4.69, 9.17) is 19.9 Å². The smallest absolute Gasteiger partial charge is 0.164 e. The third-order valence-corrected chi connectivity index (χ3v) is 11.0. The van der Waals surface area contributed by atoms with Gasteiger partial charge in [0, 0.05) is 34.6 Å². The molecule has 0 unspecified atom stereocenters. The van der Waals surface area contributed by atoms with Gasteiger partial charge in [-0.3, -0.25) is 9.97 Å². The lowest BCUT2D eigenvalue weighted by Crippen LogP contribution is -2.01. The second-order valence-electron chi connectivity index (χ2n) is 14.5. The average Bonchev–Trinajstić information content (AvgIpc) is 3.31. The molecular weight excluding hydrogens is 707 g/mol. The Bertz CT molecular complexity index is 3230. The van der Waals surface area contributed by atoms with Gasteiger partial charge in [0.2, 0.25) is 0 Å². The molecule has 0 radical (unpaired) electrons. The molecule has 58 heavy (non-hydrogen) atoms. The summed E-state index contributed by atoms with van der Waals surface area (Å²) >= 11 is 0.